The van der Waals surface area contributed by atoms with Gasteiger partial charge in [0.2, 0.25) is 0 Å². The molecule has 0 spiro atoms. The topological polar surface area (TPSA) is 72.9 Å². The second-order valence-corrected chi connectivity index (χ2v) is 3.85. The molecule has 0 aliphatic carbocycles. The van der Waals surface area contributed by atoms with Crippen molar-refractivity contribution >= 4 is 11.8 Å². The zero-order valence-corrected chi connectivity index (χ0v) is 9.77. The number of aliphatic hydroxyl groups excluding tert-OH is 1. The predicted molar refractivity (Wildman–Crippen MR) is 58.8 cm³/mol. The van der Waals surface area contributed by atoms with Crippen LogP contribution >= 0.6 is 0 Å². The molecule has 0 radical (unpaired) electrons. The summed E-state index contributed by atoms with van der Waals surface area (Å²) in [5.41, 5.74) is 0. The minimum Gasteiger partial charge on any atom is -0.390 e. The highest BCUT2D eigenvalue weighted by Crippen LogP contribution is 2.05. The number of aliphatic hydroxyl groups is 1. The molecular formula is C10H19N3O3. The zero-order valence-electron chi connectivity index (χ0n) is 9.77. The number of hydrogen-bond acceptors (Lipinski definition) is 4. The van der Waals surface area contributed by atoms with Gasteiger partial charge in [-0.05, 0) is 14.0 Å². The van der Waals surface area contributed by atoms with Crippen LogP contribution < -0.4 is 5.32 Å². The van der Waals surface area contributed by atoms with E-state index in [-0.39, 0.29) is 6.54 Å². The lowest BCUT2D eigenvalue weighted by atomic mass is 10.2. The Hall–Kier alpha value is -1.14. The number of nitrogens with one attached hydrogen (secondary N) is 1. The lowest BCUT2D eigenvalue weighted by Crippen LogP contribution is -2.56. The maximum Gasteiger partial charge on any atom is 0.312 e. The fourth-order valence-electron chi connectivity index (χ4n) is 1.75. The van der Waals surface area contributed by atoms with E-state index < -0.39 is 17.9 Å². The Labute approximate surface area is 95.2 Å². The largest absolute Gasteiger partial charge is 0.390 e. The van der Waals surface area contributed by atoms with Crippen molar-refractivity contribution in [1.29, 1.82) is 0 Å². The summed E-state index contributed by atoms with van der Waals surface area (Å²) < 4.78 is 0. The molecule has 1 rings (SSSR count). The van der Waals surface area contributed by atoms with Gasteiger partial charge in [0.1, 0.15) is 0 Å². The van der Waals surface area contributed by atoms with Crippen LogP contribution in [0.5, 0.6) is 0 Å². The molecule has 1 aliphatic rings. The van der Waals surface area contributed by atoms with Gasteiger partial charge in [-0.2, -0.15) is 0 Å². The van der Waals surface area contributed by atoms with Gasteiger partial charge in [-0.1, -0.05) is 0 Å². The highest BCUT2D eigenvalue weighted by Gasteiger charge is 2.32. The Bertz CT molecular complexity index is 270. The van der Waals surface area contributed by atoms with Crippen LogP contribution in [0.15, 0.2) is 0 Å². The van der Waals surface area contributed by atoms with Gasteiger partial charge in [-0.15, -0.1) is 0 Å². The minimum atomic E-state index is -0.630. The molecule has 0 bridgehead atoms. The standard InChI is InChI=1S/C10H19N3O3/c1-3-12-4-5-13(10(16)9(12)15)7-8(14)6-11-2/h8,11,14H,3-7H2,1-2H3. The number of amides is 2. The Morgan fingerprint density at radius 1 is 1.31 bits per heavy atom. The average Bonchev–Trinajstić information content (AvgIpc) is 2.25. The number of likely N-dealkylation sites (N-methyl/N-ethyl adjacent to an activating group) is 2. The molecule has 2 amide bonds. The molecule has 6 nitrogen and oxygen atoms in total. The van der Waals surface area contributed by atoms with Crippen LogP contribution in [-0.2, 0) is 9.59 Å². The van der Waals surface area contributed by atoms with E-state index in [0.29, 0.717) is 26.2 Å². The van der Waals surface area contributed by atoms with Crippen molar-refractivity contribution in [2.75, 3.05) is 39.8 Å². The fraction of sp³-hybridized carbons (Fsp3) is 0.800. The second-order valence-electron chi connectivity index (χ2n) is 3.85. The van der Waals surface area contributed by atoms with Crippen LogP contribution in [0.2, 0.25) is 0 Å². The summed E-state index contributed by atoms with van der Waals surface area (Å²) in [6.45, 7) is 4.07. The van der Waals surface area contributed by atoms with Crippen molar-refractivity contribution in [1.82, 2.24) is 15.1 Å². The van der Waals surface area contributed by atoms with E-state index in [1.165, 1.54) is 9.80 Å². The Morgan fingerprint density at radius 2 is 1.88 bits per heavy atom. The van der Waals surface area contributed by atoms with Gasteiger partial charge in [-0.25, -0.2) is 0 Å². The maximum atomic E-state index is 11.6. The van der Waals surface area contributed by atoms with Crippen molar-refractivity contribution in [2.24, 2.45) is 0 Å². The average molecular weight is 229 g/mol. The predicted octanol–water partition coefficient (Wildman–Crippen LogP) is -1.74. The summed E-state index contributed by atoms with van der Waals surface area (Å²) in [5.74, 6) is -0.978. The van der Waals surface area contributed by atoms with Gasteiger partial charge in [0.15, 0.2) is 0 Å². The SMILES string of the molecule is CCN1CCN(CC(O)CNC)C(=O)C1=O. The highest BCUT2D eigenvalue weighted by molar-refractivity contribution is 6.35. The first-order chi connectivity index (χ1) is 7.60. The van der Waals surface area contributed by atoms with E-state index in [1.807, 2.05) is 6.92 Å². The number of rotatable bonds is 5. The monoisotopic (exact) mass is 229 g/mol. The van der Waals surface area contributed by atoms with Crippen LogP contribution in [0, 0.1) is 0 Å². The number of piperazine rings is 1. The first kappa shape index (κ1) is 12.9. The Kier molecular flexibility index (Phi) is 4.70. The van der Waals surface area contributed by atoms with Gasteiger partial charge in [-0.3, -0.25) is 9.59 Å². The van der Waals surface area contributed by atoms with Gasteiger partial charge in [0.25, 0.3) is 0 Å². The first-order valence-corrected chi connectivity index (χ1v) is 5.51. The Balaban J connectivity index is 2.51. The lowest BCUT2D eigenvalue weighted by Gasteiger charge is -2.34. The molecule has 1 fully saturated rings. The summed E-state index contributed by atoms with van der Waals surface area (Å²) in [5, 5.41) is 12.4. The quantitative estimate of drug-likeness (QED) is 0.549. The molecular weight excluding hydrogens is 210 g/mol. The van der Waals surface area contributed by atoms with Crippen LogP contribution in [0.25, 0.3) is 0 Å². The molecule has 2 N–H and O–H groups in total. The molecule has 0 aromatic carbocycles. The van der Waals surface area contributed by atoms with E-state index in [0.717, 1.165) is 0 Å². The Morgan fingerprint density at radius 3 is 2.44 bits per heavy atom. The summed E-state index contributed by atoms with van der Waals surface area (Å²) in [6.07, 6.45) is -0.630. The van der Waals surface area contributed by atoms with Crippen molar-refractivity contribution in [2.45, 2.75) is 13.0 Å². The van der Waals surface area contributed by atoms with Crippen LogP contribution in [0.3, 0.4) is 0 Å². The maximum absolute atomic E-state index is 11.6. The van der Waals surface area contributed by atoms with Crippen molar-refractivity contribution in [3.63, 3.8) is 0 Å². The summed E-state index contributed by atoms with van der Waals surface area (Å²) in [7, 11) is 1.73. The smallest absolute Gasteiger partial charge is 0.312 e. The minimum absolute atomic E-state index is 0.211. The number of carbonyl (C=O) groups excluding carboxylic acids is 2. The van der Waals surface area contributed by atoms with E-state index in [9.17, 15) is 14.7 Å². The van der Waals surface area contributed by atoms with Crippen molar-refractivity contribution in [3.8, 4) is 0 Å². The van der Waals surface area contributed by atoms with Crippen molar-refractivity contribution in [3.05, 3.63) is 0 Å². The highest BCUT2D eigenvalue weighted by atomic mass is 16.3. The molecule has 0 aromatic heterocycles. The van der Waals surface area contributed by atoms with E-state index in [2.05, 4.69) is 5.32 Å². The first-order valence-electron chi connectivity index (χ1n) is 5.51. The molecule has 6 heteroatoms. The molecule has 16 heavy (non-hydrogen) atoms. The van der Waals surface area contributed by atoms with E-state index in [4.69, 9.17) is 0 Å². The van der Waals surface area contributed by atoms with E-state index >= 15 is 0 Å². The lowest BCUT2D eigenvalue weighted by molar-refractivity contribution is -0.156. The number of hydrogen-bond donors (Lipinski definition) is 2. The summed E-state index contributed by atoms with van der Waals surface area (Å²) in [4.78, 5) is 26.1. The second kappa shape index (κ2) is 5.81. The van der Waals surface area contributed by atoms with E-state index in [1.54, 1.807) is 7.05 Å². The third kappa shape index (κ3) is 2.93. The van der Waals surface area contributed by atoms with Gasteiger partial charge in [0.05, 0.1) is 6.10 Å². The van der Waals surface area contributed by atoms with Gasteiger partial charge < -0.3 is 20.2 Å². The van der Waals surface area contributed by atoms with Crippen molar-refractivity contribution < 1.29 is 14.7 Å². The molecule has 1 unspecified atom stereocenters. The number of carbonyl (C=O) groups is 2. The molecule has 1 atom stereocenters. The van der Waals surface area contributed by atoms with Crippen LogP contribution in [0.1, 0.15) is 6.92 Å². The normalized spacial score (nSPS) is 19.2. The number of β-amino-alcohol motifs (C(OH)–C–C–N with tert-alkyl or cyclic N) is 1. The molecule has 0 saturated carbocycles. The molecule has 1 heterocycles. The molecule has 92 valence electrons. The van der Waals surface area contributed by atoms with Gasteiger partial charge >= 0.3 is 11.8 Å². The van der Waals surface area contributed by atoms with Gasteiger partial charge in [0, 0.05) is 32.7 Å². The molecule has 1 saturated heterocycles. The number of nitrogens with zero attached hydrogens (tertiary/aromatic N) is 2. The zero-order chi connectivity index (χ0) is 12.1. The third-order valence-corrected chi connectivity index (χ3v) is 2.65. The van der Waals surface area contributed by atoms with Crippen LogP contribution in [-0.4, -0.2) is 72.6 Å². The third-order valence-electron chi connectivity index (χ3n) is 2.65. The fourth-order valence-corrected chi connectivity index (χ4v) is 1.75. The molecule has 0 aromatic rings. The summed E-state index contributed by atoms with van der Waals surface area (Å²) >= 11 is 0. The van der Waals surface area contributed by atoms with Crippen LogP contribution in [0.4, 0.5) is 0 Å². The summed E-state index contributed by atoms with van der Waals surface area (Å²) in [6, 6.07) is 0. The molecule has 1 aliphatic heterocycles.